The second-order valence-electron chi connectivity index (χ2n) is 10.2. The van der Waals surface area contributed by atoms with Gasteiger partial charge in [-0.15, -0.1) is 0 Å². The van der Waals surface area contributed by atoms with Crippen molar-refractivity contribution in [1.82, 2.24) is 21.6 Å². The molecule has 12 nitrogen and oxygen atoms in total. The van der Waals surface area contributed by atoms with Crippen LogP contribution in [0.2, 0.25) is 0 Å². The summed E-state index contributed by atoms with van der Waals surface area (Å²) in [6.07, 6.45) is 0.833. The third-order valence-electron chi connectivity index (χ3n) is 4.27. The zero-order chi connectivity index (χ0) is 28.9. The van der Waals surface area contributed by atoms with Gasteiger partial charge in [0.25, 0.3) is 17.7 Å². The van der Waals surface area contributed by atoms with Crippen LogP contribution < -0.4 is 21.6 Å². The molecule has 0 radical (unpaired) electrons. The van der Waals surface area contributed by atoms with E-state index in [4.69, 9.17) is 14.4 Å². The molecule has 1 aromatic rings. The molecule has 12 heteroatoms. The number of rotatable bonds is 13. The number of esters is 1. The van der Waals surface area contributed by atoms with E-state index in [9.17, 15) is 24.0 Å². The first-order valence-corrected chi connectivity index (χ1v) is 12.2. The number of carbonyl (C=O) groups is 5. The number of ether oxygens (including phenoxy) is 1. The fourth-order valence-electron chi connectivity index (χ4n) is 2.52. The molecule has 0 unspecified atom stereocenters. The van der Waals surface area contributed by atoms with E-state index in [0.29, 0.717) is 13.1 Å². The van der Waals surface area contributed by atoms with Gasteiger partial charge in [-0.1, -0.05) is 33.8 Å². The number of hydrogen-bond donors (Lipinski definition) is 4. The van der Waals surface area contributed by atoms with Gasteiger partial charge in [0.1, 0.15) is 5.60 Å². The molecule has 1 aromatic carbocycles. The predicted octanol–water partition coefficient (Wildman–Crippen LogP) is 1.78. The SMILES string of the molecule is CC(C)CNC(=O)CONC(=O)c1cccc(C(=O)NO/C(=C\C(=O)OC(C)(C)C)C(=O)NCC(C)C)c1. The number of nitrogens with one attached hydrogen (secondary N) is 4. The smallest absolute Gasteiger partial charge is 0.335 e. The Morgan fingerprint density at radius 2 is 1.42 bits per heavy atom. The molecule has 0 aliphatic heterocycles. The lowest BCUT2D eigenvalue weighted by atomic mass is 10.1. The van der Waals surface area contributed by atoms with Gasteiger partial charge in [0, 0.05) is 24.2 Å². The van der Waals surface area contributed by atoms with Crippen LogP contribution in [-0.4, -0.2) is 54.9 Å². The minimum atomic E-state index is -0.835. The third-order valence-corrected chi connectivity index (χ3v) is 4.27. The van der Waals surface area contributed by atoms with E-state index in [1.54, 1.807) is 20.8 Å². The molecule has 38 heavy (non-hydrogen) atoms. The Morgan fingerprint density at radius 1 is 0.868 bits per heavy atom. The summed E-state index contributed by atoms with van der Waals surface area (Å²) in [5, 5.41) is 5.23. The first kappa shape index (κ1) is 32.1. The molecule has 0 fully saturated rings. The van der Waals surface area contributed by atoms with Crippen LogP contribution in [0, 0.1) is 11.8 Å². The van der Waals surface area contributed by atoms with Crippen LogP contribution in [0.1, 0.15) is 69.2 Å². The Bertz CT molecular complexity index is 1030. The standard InChI is InChI=1S/C26H38N4O8/c1-16(2)13-27-21(31)15-36-29-23(33)18-9-8-10-19(11-18)24(34)30-38-20(25(35)28-14-17(3)4)12-22(32)37-26(5,6)7/h8-12,16-17H,13-15H2,1-7H3,(H,27,31)(H,28,35)(H,29,33)(H,30,34)/b20-12-. The van der Waals surface area contributed by atoms with Crippen molar-refractivity contribution < 1.29 is 38.4 Å². The zero-order valence-corrected chi connectivity index (χ0v) is 22.9. The first-order valence-electron chi connectivity index (χ1n) is 12.2. The molecule has 4 N–H and O–H groups in total. The number of benzene rings is 1. The van der Waals surface area contributed by atoms with E-state index in [1.807, 2.05) is 27.7 Å². The molecule has 0 atom stereocenters. The second-order valence-corrected chi connectivity index (χ2v) is 10.2. The van der Waals surface area contributed by atoms with Crippen LogP contribution in [0.25, 0.3) is 0 Å². The van der Waals surface area contributed by atoms with Gasteiger partial charge < -0.3 is 20.2 Å². The molecule has 0 bridgehead atoms. The Balaban J connectivity index is 2.82. The molecule has 1 rings (SSSR count). The first-order chi connectivity index (χ1) is 17.7. The summed E-state index contributed by atoms with van der Waals surface area (Å²) in [5.74, 6) is -3.52. The van der Waals surface area contributed by atoms with Crippen molar-refractivity contribution in [3.8, 4) is 0 Å². The maximum atomic E-state index is 12.6. The third kappa shape index (κ3) is 13.4. The quantitative estimate of drug-likeness (QED) is 0.129. The van der Waals surface area contributed by atoms with Crippen LogP contribution in [-0.2, 0) is 28.8 Å². The lowest BCUT2D eigenvalue weighted by molar-refractivity contribution is -0.149. The monoisotopic (exact) mass is 534 g/mol. The van der Waals surface area contributed by atoms with E-state index in [0.717, 1.165) is 6.08 Å². The van der Waals surface area contributed by atoms with E-state index in [2.05, 4.69) is 21.6 Å². The van der Waals surface area contributed by atoms with Gasteiger partial charge in [-0.25, -0.2) is 10.3 Å². The fraction of sp³-hybridized carbons (Fsp3) is 0.500. The normalized spacial score (nSPS) is 11.6. The van der Waals surface area contributed by atoms with Gasteiger partial charge in [-0.3, -0.25) is 24.0 Å². The molecule has 0 aliphatic rings. The number of hydroxylamine groups is 2. The van der Waals surface area contributed by atoms with E-state index >= 15 is 0 Å². The molecular formula is C26H38N4O8. The molecule has 0 saturated heterocycles. The summed E-state index contributed by atoms with van der Waals surface area (Å²) in [6.45, 7) is 13.0. The lowest BCUT2D eigenvalue weighted by Gasteiger charge is -2.18. The van der Waals surface area contributed by atoms with Crippen LogP contribution in [0.5, 0.6) is 0 Å². The van der Waals surface area contributed by atoms with E-state index in [1.165, 1.54) is 24.3 Å². The van der Waals surface area contributed by atoms with Gasteiger partial charge in [0.05, 0.1) is 6.08 Å². The maximum absolute atomic E-state index is 12.6. The van der Waals surface area contributed by atoms with Gasteiger partial charge in [0.2, 0.25) is 11.7 Å². The Morgan fingerprint density at radius 3 is 1.97 bits per heavy atom. The molecule has 210 valence electrons. The van der Waals surface area contributed by atoms with Gasteiger partial charge in [-0.2, -0.15) is 5.48 Å². The molecule has 4 amide bonds. The predicted molar refractivity (Wildman–Crippen MR) is 138 cm³/mol. The molecule has 0 saturated carbocycles. The van der Waals surface area contributed by atoms with Crippen molar-refractivity contribution in [2.24, 2.45) is 11.8 Å². The van der Waals surface area contributed by atoms with Crippen molar-refractivity contribution >= 4 is 29.6 Å². The highest BCUT2D eigenvalue weighted by molar-refractivity contribution is 6.00. The van der Waals surface area contributed by atoms with Gasteiger partial charge >= 0.3 is 5.97 Å². The van der Waals surface area contributed by atoms with Crippen molar-refractivity contribution in [2.75, 3.05) is 19.7 Å². The van der Waals surface area contributed by atoms with Gasteiger partial charge in [-0.05, 0) is 50.8 Å². The minimum absolute atomic E-state index is 0.0199. The minimum Gasteiger partial charge on any atom is -0.457 e. The van der Waals surface area contributed by atoms with E-state index in [-0.39, 0.29) is 29.6 Å². The molecule has 0 spiro atoms. The fourth-order valence-corrected chi connectivity index (χ4v) is 2.52. The zero-order valence-electron chi connectivity index (χ0n) is 22.9. The Labute approximate surface area is 222 Å². The molecule has 0 aromatic heterocycles. The maximum Gasteiger partial charge on any atom is 0.335 e. The largest absolute Gasteiger partial charge is 0.457 e. The van der Waals surface area contributed by atoms with Crippen LogP contribution in [0.3, 0.4) is 0 Å². The van der Waals surface area contributed by atoms with Crippen LogP contribution in [0.4, 0.5) is 0 Å². The van der Waals surface area contributed by atoms with Crippen molar-refractivity contribution in [3.63, 3.8) is 0 Å². The van der Waals surface area contributed by atoms with Crippen molar-refractivity contribution in [3.05, 3.63) is 47.2 Å². The van der Waals surface area contributed by atoms with Crippen LogP contribution in [0.15, 0.2) is 36.1 Å². The Kier molecular flexibility index (Phi) is 13.0. The molecular weight excluding hydrogens is 496 g/mol. The average molecular weight is 535 g/mol. The van der Waals surface area contributed by atoms with Crippen LogP contribution >= 0.6 is 0 Å². The number of amides is 4. The topological polar surface area (TPSA) is 161 Å². The summed E-state index contributed by atoms with van der Waals surface area (Å²) < 4.78 is 5.18. The second kappa shape index (κ2) is 15.4. The summed E-state index contributed by atoms with van der Waals surface area (Å²) in [5.41, 5.74) is 3.51. The lowest BCUT2D eigenvalue weighted by Crippen LogP contribution is -2.35. The highest BCUT2D eigenvalue weighted by atomic mass is 16.7. The average Bonchev–Trinajstić information content (AvgIpc) is 2.82. The number of carbonyl (C=O) groups excluding carboxylic acids is 5. The highest BCUT2D eigenvalue weighted by Crippen LogP contribution is 2.10. The highest BCUT2D eigenvalue weighted by Gasteiger charge is 2.21. The summed E-state index contributed by atoms with van der Waals surface area (Å²) in [7, 11) is 0. The van der Waals surface area contributed by atoms with Crippen molar-refractivity contribution in [2.45, 2.75) is 54.1 Å². The summed E-state index contributed by atoms with van der Waals surface area (Å²) in [6, 6.07) is 5.55. The number of hydrogen-bond acceptors (Lipinski definition) is 8. The van der Waals surface area contributed by atoms with Crippen molar-refractivity contribution in [1.29, 1.82) is 0 Å². The van der Waals surface area contributed by atoms with E-state index < -0.39 is 41.0 Å². The summed E-state index contributed by atoms with van der Waals surface area (Å²) in [4.78, 5) is 71.4. The molecule has 0 aliphatic carbocycles. The Hall–Kier alpha value is -3.93. The molecule has 0 heterocycles. The summed E-state index contributed by atoms with van der Waals surface area (Å²) >= 11 is 0. The van der Waals surface area contributed by atoms with Gasteiger partial charge in [0.15, 0.2) is 6.61 Å².